The van der Waals surface area contributed by atoms with Crippen LogP contribution in [0.4, 0.5) is 4.79 Å². The molecule has 9 atom stereocenters. The first kappa shape index (κ1) is 34.5. The summed E-state index contributed by atoms with van der Waals surface area (Å²) in [5, 5.41) is 11.4. The third kappa shape index (κ3) is 7.20. The number of hydrogen-bond donors (Lipinski definition) is 4. The van der Waals surface area contributed by atoms with Crippen molar-refractivity contribution in [3.05, 3.63) is 25.3 Å². The number of nitrogens with one attached hydrogen (secondary N) is 4. The number of amides is 5. The molecule has 0 aromatic rings. The molecule has 0 aromatic heterocycles. The SMILES string of the molecule is C=CCC[C@@H](NC(=O)[C@@H]1[C@@H]2[C@H](CN1C(=O)C(NC(=O)NC1CC3CCC1[C@@H]3C)C1CCCCC1)[I-]2(Cl)Cl)C(=O)C(=O)NCC=C. The van der Waals surface area contributed by atoms with Crippen LogP contribution < -0.4 is 37.4 Å². The molecule has 2 aliphatic heterocycles. The van der Waals surface area contributed by atoms with Crippen LogP contribution in [0.25, 0.3) is 0 Å². The van der Waals surface area contributed by atoms with E-state index in [1.807, 2.05) is 0 Å². The van der Waals surface area contributed by atoms with Crippen LogP contribution >= 0.6 is 17.8 Å². The second-order valence-electron chi connectivity index (χ2n) is 13.4. The van der Waals surface area contributed by atoms with Gasteiger partial charge in [-0.05, 0) is 0 Å². The topological polar surface area (TPSA) is 137 Å². The summed E-state index contributed by atoms with van der Waals surface area (Å²) in [6.07, 6.45) is 11.6. The standard InChI is InChI=1S/C32H47Cl2IN5O5/c1-4-6-12-23(28(41)30(43)36-15-5-2)37-29(42)27-25-22(35(25,33)34)17-40(27)31(44)26(19-10-8-7-9-11-19)39-32(45)38-24-16-20-13-14-21(24)18(20)3/h4-5,18-27H,1-2,6-17H2,3H3,(H,36,43)(H,37,42)(H2,38,39,45)/q-1/t18-,20?,21?,22+,23-,24?,25+,26?,27+/m1/s1. The van der Waals surface area contributed by atoms with Crippen LogP contribution in [0, 0.1) is 23.7 Å². The van der Waals surface area contributed by atoms with Crippen LogP contribution in [-0.2, 0) is 19.2 Å². The summed E-state index contributed by atoms with van der Waals surface area (Å²) < 4.78 is -0.500. The molecule has 5 amide bonds. The minimum absolute atomic E-state index is 0.0512. The van der Waals surface area contributed by atoms with Crippen molar-refractivity contribution >= 4 is 47.4 Å². The Morgan fingerprint density at radius 3 is 2.36 bits per heavy atom. The zero-order valence-corrected chi connectivity index (χ0v) is 29.6. The van der Waals surface area contributed by atoms with Crippen molar-refractivity contribution in [3.63, 3.8) is 0 Å². The summed E-state index contributed by atoms with van der Waals surface area (Å²) >= 11 is -3.29. The van der Waals surface area contributed by atoms with Crippen molar-refractivity contribution in [3.8, 4) is 0 Å². The summed E-state index contributed by atoms with van der Waals surface area (Å²) in [6, 6.07) is -3.09. The van der Waals surface area contributed by atoms with Gasteiger partial charge in [-0.2, -0.15) is 0 Å². The Bertz CT molecular complexity index is 1210. The molecule has 4 N–H and O–H groups in total. The summed E-state index contributed by atoms with van der Waals surface area (Å²) in [5.41, 5.74) is 0. The molecule has 0 radical (unpaired) electrons. The third-order valence-corrected chi connectivity index (χ3v) is 22.2. The maximum atomic E-state index is 14.4. The Kier molecular flexibility index (Phi) is 11.1. The predicted molar refractivity (Wildman–Crippen MR) is 170 cm³/mol. The summed E-state index contributed by atoms with van der Waals surface area (Å²) in [5.74, 6) is -0.833. The van der Waals surface area contributed by atoms with Crippen LogP contribution in [0.2, 0.25) is 0 Å². The van der Waals surface area contributed by atoms with Gasteiger partial charge in [0.1, 0.15) is 0 Å². The van der Waals surface area contributed by atoms with Crippen LogP contribution in [0.1, 0.15) is 71.1 Å². The Labute approximate surface area is 277 Å². The van der Waals surface area contributed by atoms with E-state index < -0.39 is 51.9 Å². The molecule has 2 heterocycles. The fraction of sp³-hybridized carbons (Fsp3) is 0.719. The molecule has 3 aliphatic carbocycles. The number of ketones is 1. The summed E-state index contributed by atoms with van der Waals surface area (Å²) in [6.45, 7) is 9.86. The molecule has 0 aromatic carbocycles. The molecule has 0 spiro atoms. The van der Waals surface area contributed by atoms with Gasteiger partial charge in [0.15, 0.2) is 0 Å². The number of allylic oxidation sites excluding steroid dienone is 1. The molecular weight excluding hydrogens is 732 g/mol. The Hall–Kier alpha value is -1.86. The van der Waals surface area contributed by atoms with E-state index in [1.54, 1.807) is 6.08 Å². The van der Waals surface area contributed by atoms with Gasteiger partial charge in [0.25, 0.3) is 0 Å². The molecule has 2 bridgehead atoms. The van der Waals surface area contributed by atoms with E-state index in [2.05, 4.69) is 41.3 Å². The molecule has 252 valence electrons. The van der Waals surface area contributed by atoms with Gasteiger partial charge in [0.05, 0.1) is 0 Å². The van der Waals surface area contributed by atoms with Gasteiger partial charge in [-0.3, -0.25) is 0 Å². The number of fused-ring (bicyclic) bond motifs is 3. The molecule has 45 heavy (non-hydrogen) atoms. The van der Waals surface area contributed by atoms with Gasteiger partial charge in [0, 0.05) is 0 Å². The number of nitrogens with zero attached hydrogens (tertiary/aromatic N) is 1. The van der Waals surface area contributed by atoms with Crippen molar-refractivity contribution in [1.29, 1.82) is 0 Å². The van der Waals surface area contributed by atoms with Gasteiger partial charge < -0.3 is 0 Å². The van der Waals surface area contributed by atoms with Crippen LogP contribution in [0.15, 0.2) is 25.3 Å². The number of carbonyl (C=O) groups is 5. The third-order valence-electron chi connectivity index (χ3n) is 10.8. The zero-order valence-electron chi connectivity index (χ0n) is 26.0. The number of carbonyl (C=O) groups excluding carboxylic acids is 5. The number of alkyl halides is 2. The first-order chi connectivity index (χ1) is 21.5. The van der Waals surface area contributed by atoms with Crippen molar-refractivity contribution in [1.82, 2.24) is 26.2 Å². The van der Waals surface area contributed by atoms with E-state index in [-0.39, 0.29) is 51.3 Å². The fourth-order valence-corrected chi connectivity index (χ4v) is 21.4. The van der Waals surface area contributed by atoms with E-state index in [1.165, 1.54) is 17.4 Å². The Morgan fingerprint density at radius 2 is 1.73 bits per heavy atom. The number of rotatable bonds is 13. The molecule has 5 fully saturated rings. The summed E-state index contributed by atoms with van der Waals surface area (Å²) in [7, 11) is 13.5. The average molecular weight is 780 g/mol. The fourth-order valence-electron chi connectivity index (χ4n) is 8.29. The predicted octanol–water partition coefficient (Wildman–Crippen LogP) is 0.421. The van der Waals surface area contributed by atoms with E-state index >= 15 is 0 Å². The molecule has 5 aliphatic rings. The molecular formula is C32H47Cl2IN5O5-. The van der Waals surface area contributed by atoms with Crippen LogP contribution in [-0.4, -0.2) is 79.5 Å². The van der Waals surface area contributed by atoms with Crippen molar-refractivity contribution in [2.24, 2.45) is 23.7 Å². The van der Waals surface area contributed by atoms with Crippen molar-refractivity contribution in [2.75, 3.05) is 13.1 Å². The van der Waals surface area contributed by atoms with Gasteiger partial charge in [0.2, 0.25) is 0 Å². The number of urea groups is 1. The second-order valence-corrected chi connectivity index (χ2v) is 26.7. The van der Waals surface area contributed by atoms with Crippen molar-refractivity contribution < 1.29 is 40.1 Å². The van der Waals surface area contributed by atoms with Crippen LogP contribution in [0.3, 0.4) is 0 Å². The number of halogens is 3. The van der Waals surface area contributed by atoms with Crippen molar-refractivity contribution in [2.45, 2.75) is 103 Å². The van der Waals surface area contributed by atoms with Crippen LogP contribution in [0.5, 0.6) is 0 Å². The quantitative estimate of drug-likeness (QED) is 0.0931. The molecule has 2 saturated heterocycles. The maximum absolute atomic E-state index is 14.4. The molecule has 10 nitrogen and oxygen atoms in total. The summed E-state index contributed by atoms with van der Waals surface area (Å²) in [4.78, 5) is 68.8. The number of Topliss-reactive ketones (excluding diaryl/α,β-unsaturated/α-hetero) is 1. The average Bonchev–Trinajstić information content (AvgIpc) is 3.42. The van der Waals surface area contributed by atoms with Gasteiger partial charge >= 0.3 is 279 Å². The number of hydrogen-bond acceptors (Lipinski definition) is 5. The van der Waals surface area contributed by atoms with E-state index in [4.69, 9.17) is 17.8 Å². The Balaban J connectivity index is 1.32. The molecule has 5 rings (SSSR count). The molecule has 4 unspecified atom stereocenters. The van der Waals surface area contributed by atoms with E-state index in [9.17, 15) is 24.0 Å². The molecule has 13 heteroatoms. The van der Waals surface area contributed by atoms with E-state index in [0.717, 1.165) is 44.9 Å². The second kappa shape index (κ2) is 14.5. The van der Waals surface area contributed by atoms with E-state index in [0.29, 0.717) is 24.2 Å². The van der Waals surface area contributed by atoms with Gasteiger partial charge in [-0.15, -0.1) is 0 Å². The normalized spacial score (nSPS) is 33.2. The first-order valence-electron chi connectivity index (χ1n) is 16.4. The first-order valence-corrected chi connectivity index (χ1v) is 24.3. The zero-order chi connectivity index (χ0) is 32.5. The minimum atomic E-state index is -3.29. The molecule has 3 saturated carbocycles. The van der Waals surface area contributed by atoms with Gasteiger partial charge in [-0.25, -0.2) is 0 Å². The Morgan fingerprint density at radius 1 is 1.00 bits per heavy atom. The number of likely N-dealkylation sites (tertiary alicyclic amines) is 1. The van der Waals surface area contributed by atoms with Gasteiger partial charge in [-0.1, -0.05) is 0 Å². The monoisotopic (exact) mass is 778 g/mol.